The number of hydrogen-bond acceptors (Lipinski definition) is 2. The Morgan fingerprint density at radius 2 is 1.57 bits per heavy atom. The molecule has 0 bridgehead atoms. The molecule has 0 saturated heterocycles. The molecule has 0 saturated carbocycles. The van der Waals surface area contributed by atoms with E-state index in [2.05, 4.69) is 15.9 Å². The highest BCUT2D eigenvalue weighted by molar-refractivity contribution is 9.10. The lowest BCUT2D eigenvalue weighted by molar-refractivity contribution is 0.112. The maximum atomic E-state index is 11.3. The van der Waals surface area contributed by atoms with Gasteiger partial charge in [0.15, 0.2) is 6.29 Å². The summed E-state index contributed by atoms with van der Waals surface area (Å²) in [6.07, 6.45) is 0.818. The summed E-state index contributed by atoms with van der Waals surface area (Å²) in [4.78, 5) is 11.3. The van der Waals surface area contributed by atoms with Gasteiger partial charge in [-0.25, -0.2) is 0 Å². The molecule has 3 heteroatoms. The number of halogens is 1. The number of para-hydroxylation sites is 1. The van der Waals surface area contributed by atoms with E-state index in [9.17, 15) is 4.79 Å². The second kappa shape index (κ2) is 6.80. The normalized spacial score (nSPS) is 10.3. The maximum Gasteiger partial charge on any atom is 0.153 e. The van der Waals surface area contributed by atoms with Gasteiger partial charge in [-0.15, -0.1) is 0 Å². The molecule has 23 heavy (non-hydrogen) atoms. The summed E-state index contributed by atoms with van der Waals surface area (Å²) < 4.78 is 7.01. The predicted molar refractivity (Wildman–Crippen MR) is 96.2 cm³/mol. The minimum absolute atomic E-state index is 0.536. The molecule has 3 aromatic carbocycles. The summed E-state index contributed by atoms with van der Waals surface area (Å²) >= 11 is 3.44. The monoisotopic (exact) mass is 366 g/mol. The molecular weight excluding hydrogens is 352 g/mol. The summed E-state index contributed by atoms with van der Waals surface area (Å²) in [5.41, 5.74) is 3.64. The van der Waals surface area contributed by atoms with Gasteiger partial charge in [0.1, 0.15) is 11.5 Å². The van der Waals surface area contributed by atoms with Gasteiger partial charge >= 0.3 is 0 Å². The van der Waals surface area contributed by atoms with Crippen LogP contribution in [0.4, 0.5) is 0 Å². The number of carbonyl (C=O) groups excluding carboxylic acids is 1. The molecule has 0 unspecified atom stereocenters. The number of ether oxygens (including phenoxy) is 1. The van der Waals surface area contributed by atoms with Crippen molar-refractivity contribution in [3.8, 4) is 22.6 Å². The third-order valence-corrected chi connectivity index (χ3v) is 4.16. The van der Waals surface area contributed by atoms with Crippen molar-refractivity contribution in [2.24, 2.45) is 0 Å². The Bertz CT molecular complexity index is 839. The summed E-state index contributed by atoms with van der Waals surface area (Å²) in [6, 6.07) is 21.4. The van der Waals surface area contributed by atoms with Gasteiger partial charge in [0.05, 0.1) is 5.56 Å². The van der Waals surface area contributed by atoms with E-state index in [4.69, 9.17) is 4.74 Å². The fraction of sp³-hybridized carbons (Fsp3) is 0.0500. The number of benzene rings is 3. The molecule has 2 nitrogen and oxygen atoms in total. The van der Waals surface area contributed by atoms with Crippen LogP contribution in [0.15, 0.2) is 71.2 Å². The second-order valence-corrected chi connectivity index (χ2v) is 6.16. The SMILES string of the molecule is Cc1ccccc1Oc1cc(-c2ccc(Br)cc2)ccc1C=O. The first-order valence-electron chi connectivity index (χ1n) is 7.26. The number of aldehydes is 1. The number of rotatable bonds is 4. The smallest absolute Gasteiger partial charge is 0.153 e. The topological polar surface area (TPSA) is 26.3 Å². The molecule has 0 aliphatic heterocycles. The minimum atomic E-state index is 0.536. The van der Waals surface area contributed by atoms with Crippen molar-refractivity contribution in [1.29, 1.82) is 0 Å². The van der Waals surface area contributed by atoms with E-state index in [0.29, 0.717) is 11.3 Å². The van der Waals surface area contributed by atoms with Crippen LogP contribution in [0.3, 0.4) is 0 Å². The molecule has 0 fully saturated rings. The average Bonchev–Trinajstić information content (AvgIpc) is 2.57. The van der Waals surface area contributed by atoms with E-state index in [1.807, 2.05) is 67.6 Å². The van der Waals surface area contributed by atoms with Gasteiger partial charge in [-0.2, -0.15) is 0 Å². The molecule has 0 atom stereocenters. The molecule has 3 rings (SSSR count). The van der Waals surface area contributed by atoms with Gasteiger partial charge in [0.25, 0.3) is 0 Å². The highest BCUT2D eigenvalue weighted by Gasteiger charge is 2.09. The van der Waals surface area contributed by atoms with Gasteiger partial charge in [0.2, 0.25) is 0 Å². The summed E-state index contributed by atoms with van der Waals surface area (Å²) in [5, 5.41) is 0. The molecule has 0 N–H and O–H groups in total. The summed E-state index contributed by atoms with van der Waals surface area (Å²) in [7, 11) is 0. The zero-order chi connectivity index (χ0) is 16.2. The third kappa shape index (κ3) is 3.51. The van der Waals surface area contributed by atoms with Crippen LogP contribution in [0.25, 0.3) is 11.1 Å². The first-order chi connectivity index (χ1) is 11.2. The first-order valence-corrected chi connectivity index (χ1v) is 8.05. The van der Waals surface area contributed by atoms with E-state index in [1.54, 1.807) is 6.07 Å². The van der Waals surface area contributed by atoms with E-state index in [0.717, 1.165) is 33.2 Å². The molecule has 0 amide bonds. The zero-order valence-corrected chi connectivity index (χ0v) is 14.2. The van der Waals surface area contributed by atoms with Gasteiger partial charge in [0, 0.05) is 4.47 Å². The van der Waals surface area contributed by atoms with Crippen LogP contribution in [0.5, 0.6) is 11.5 Å². The molecule has 3 aromatic rings. The third-order valence-electron chi connectivity index (χ3n) is 3.63. The molecule has 0 aromatic heterocycles. The lowest BCUT2D eigenvalue weighted by Gasteiger charge is -2.12. The van der Waals surface area contributed by atoms with Crippen molar-refractivity contribution in [3.05, 3.63) is 82.3 Å². The number of aryl methyl sites for hydroxylation is 1. The van der Waals surface area contributed by atoms with Crippen LogP contribution in [0.1, 0.15) is 15.9 Å². The second-order valence-electron chi connectivity index (χ2n) is 5.24. The summed E-state index contributed by atoms with van der Waals surface area (Å²) in [6.45, 7) is 1.98. The Morgan fingerprint density at radius 1 is 0.870 bits per heavy atom. The van der Waals surface area contributed by atoms with Crippen molar-refractivity contribution in [2.45, 2.75) is 6.92 Å². The van der Waals surface area contributed by atoms with E-state index >= 15 is 0 Å². The minimum Gasteiger partial charge on any atom is -0.456 e. The molecule has 0 aliphatic carbocycles. The van der Waals surface area contributed by atoms with Crippen molar-refractivity contribution >= 4 is 22.2 Å². The van der Waals surface area contributed by atoms with Gasteiger partial charge in [-0.05, 0) is 53.9 Å². The fourth-order valence-corrected chi connectivity index (χ4v) is 2.60. The zero-order valence-electron chi connectivity index (χ0n) is 12.6. The lowest BCUT2D eigenvalue weighted by Crippen LogP contribution is -1.93. The molecular formula is C20H15BrO2. The van der Waals surface area contributed by atoms with E-state index in [1.165, 1.54) is 0 Å². The van der Waals surface area contributed by atoms with Crippen LogP contribution in [-0.4, -0.2) is 6.29 Å². The molecule has 0 aliphatic rings. The Hall–Kier alpha value is -2.39. The first kappa shape index (κ1) is 15.5. The molecule has 0 radical (unpaired) electrons. The predicted octanol–water partition coefficient (Wildman–Crippen LogP) is 6.03. The van der Waals surface area contributed by atoms with Crippen molar-refractivity contribution in [1.82, 2.24) is 0 Å². The maximum absolute atomic E-state index is 11.3. The Labute approximate surface area is 143 Å². The van der Waals surface area contributed by atoms with Crippen LogP contribution in [0, 0.1) is 6.92 Å². The summed E-state index contributed by atoms with van der Waals surface area (Å²) in [5.74, 6) is 1.32. The van der Waals surface area contributed by atoms with Gasteiger partial charge in [-0.1, -0.05) is 52.3 Å². The number of carbonyl (C=O) groups is 1. The Balaban J connectivity index is 2.01. The van der Waals surface area contributed by atoms with Crippen molar-refractivity contribution < 1.29 is 9.53 Å². The highest BCUT2D eigenvalue weighted by atomic mass is 79.9. The standard InChI is InChI=1S/C20H15BrO2/c1-14-4-2-3-5-19(14)23-20-12-16(6-7-17(20)13-22)15-8-10-18(21)11-9-15/h2-13H,1H3. The quantitative estimate of drug-likeness (QED) is 0.527. The van der Waals surface area contributed by atoms with E-state index < -0.39 is 0 Å². The molecule has 0 spiro atoms. The largest absolute Gasteiger partial charge is 0.456 e. The fourth-order valence-electron chi connectivity index (χ4n) is 2.33. The van der Waals surface area contributed by atoms with Crippen LogP contribution >= 0.6 is 15.9 Å². The molecule has 114 valence electrons. The Kier molecular flexibility index (Phi) is 4.58. The van der Waals surface area contributed by atoms with Crippen molar-refractivity contribution in [3.63, 3.8) is 0 Å². The van der Waals surface area contributed by atoms with Crippen molar-refractivity contribution in [2.75, 3.05) is 0 Å². The average molecular weight is 367 g/mol. The lowest BCUT2D eigenvalue weighted by atomic mass is 10.0. The molecule has 0 heterocycles. The van der Waals surface area contributed by atoms with Crippen LogP contribution < -0.4 is 4.74 Å². The van der Waals surface area contributed by atoms with Gasteiger partial charge < -0.3 is 4.74 Å². The Morgan fingerprint density at radius 3 is 2.26 bits per heavy atom. The van der Waals surface area contributed by atoms with Crippen LogP contribution in [0.2, 0.25) is 0 Å². The van der Waals surface area contributed by atoms with E-state index in [-0.39, 0.29) is 0 Å². The van der Waals surface area contributed by atoms with Crippen LogP contribution in [-0.2, 0) is 0 Å². The number of hydrogen-bond donors (Lipinski definition) is 0. The van der Waals surface area contributed by atoms with Gasteiger partial charge in [-0.3, -0.25) is 4.79 Å². The highest BCUT2D eigenvalue weighted by Crippen LogP contribution is 2.32.